The quantitative estimate of drug-likeness (QED) is 0.685. The molecule has 0 saturated carbocycles. The molecule has 0 bridgehead atoms. The Bertz CT molecular complexity index is 519. The summed E-state index contributed by atoms with van der Waals surface area (Å²) in [4.78, 5) is 11.5. The van der Waals surface area contributed by atoms with Crippen LogP contribution in [0.5, 0.6) is 0 Å². The molecule has 0 aliphatic carbocycles. The zero-order chi connectivity index (χ0) is 14.9. The highest BCUT2D eigenvalue weighted by Crippen LogP contribution is 2.39. The molecule has 0 spiro atoms. The fraction of sp³-hybridized carbons (Fsp3) is 0.500. The lowest BCUT2D eigenvalue weighted by molar-refractivity contribution is -0.388. The largest absolute Gasteiger partial charge is 0.423 e. The molecule has 1 aromatic carbocycles. The molecule has 1 aliphatic rings. The van der Waals surface area contributed by atoms with Gasteiger partial charge in [0.1, 0.15) is 5.56 Å². The molecule has 110 valence electrons. The fourth-order valence-corrected chi connectivity index (χ4v) is 2.51. The van der Waals surface area contributed by atoms with Crippen LogP contribution >= 0.6 is 0 Å². The van der Waals surface area contributed by atoms with Gasteiger partial charge in [-0.25, -0.2) is 0 Å². The van der Waals surface area contributed by atoms with E-state index in [9.17, 15) is 23.3 Å². The van der Waals surface area contributed by atoms with Gasteiger partial charge in [0.2, 0.25) is 0 Å². The van der Waals surface area contributed by atoms with Crippen LogP contribution in [0.3, 0.4) is 0 Å². The summed E-state index contributed by atoms with van der Waals surface area (Å²) in [6, 6.07) is 3.08. The van der Waals surface area contributed by atoms with Crippen LogP contribution in [0.4, 0.5) is 24.5 Å². The maximum absolute atomic E-state index is 12.9. The van der Waals surface area contributed by atoms with Crippen LogP contribution in [0.25, 0.3) is 0 Å². The van der Waals surface area contributed by atoms with Crippen molar-refractivity contribution in [2.75, 3.05) is 18.0 Å². The smallest absolute Gasteiger partial charge is 0.367 e. The number of nitrogens with zero attached hydrogens (tertiary/aromatic N) is 2. The second kappa shape index (κ2) is 5.28. The van der Waals surface area contributed by atoms with Crippen molar-refractivity contribution in [2.45, 2.75) is 25.1 Å². The molecule has 1 aromatic rings. The van der Waals surface area contributed by atoms with Crippen LogP contribution in [-0.4, -0.2) is 24.1 Å². The van der Waals surface area contributed by atoms with Crippen LogP contribution in [-0.2, 0) is 6.18 Å². The van der Waals surface area contributed by atoms with Crippen molar-refractivity contribution >= 4 is 11.4 Å². The average molecular weight is 289 g/mol. The van der Waals surface area contributed by atoms with E-state index in [2.05, 4.69) is 0 Å². The molecule has 2 rings (SSSR count). The predicted octanol–water partition coefficient (Wildman–Crippen LogP) is 2.54. The van der Waals surface area contributed by atoms with Gasteiger partial charge in [0.15, 0.2) is 0 Å². The van der Waals surface area contributed by atoms with E-state index in [0.29, 0.717) is 18.8 Å². The average Bonchev–Trinajstić information content (AvgIpc) is 2.85. The van der Waals surface area contributed by atoms with Crippen LogP contribution in [0, 0.1) is 10.1 Å². The zero-order valence-electron chi connectivity index (χ0n) is 10.6. The maximum atomic E-state index is 12.9. The van der Waals surface area contributed by atoms with Crippen molar-refractivity contribution in [1.29, 1.82) is 0 Å². The minimum absolute atomic E-state index is 0.0162. The Morgan fingerprint density at radius 2 is 2.15 bits per heavy atom. The fourth-order valence-electron chi connectivity index (χ4n) is 2.51. The van der Waals surface area contributed by atoms with Gasteiger partial charge in [-0.05, 0) is 25.0 Å². The van der Waals surface area contributed by atoms with E-state index in [1.54, 1.807) is 4.90 Å². The minimum atomic E-state index is -4.75. The predicted molar refractivity (Wildman–Crippen MR) is 67.5 cm³/mol. The number of rotatable bonds is 3. The topological polar surface area (TPSA) is 72.4 Å². The monoisotopic (exact) mass is 289 g/mol. The second-order valence-electron chi connectivity index (χ2n) is 4.68. The van der Waals surface area contributed by atoms with Gasteiger partial charge in [0, 0.05) is 30.9 Å². The number of hydrogen-bond donors (Lipinski definition) is 1. The zero-order valence-corrected chi connectivity index (χ0v) is 10.6. The summed E-state index contributed by atoms with van der Waals surface area (Å²) in [5.41, 5.74) is 3.77. The van der Waals surface area contributed by atoms with Gasteiger partial charge < -0.3 is 10.6 Å². The Hall–Kier alpha value is -1.83. The van der Waals surface area contributed by atoms with E-state index in [1.165, 1.54) is 6.07 Å². The number of halogens is 3. The molecular weight excluding hydrogens is 275 g/mol. The highest BCUT2D eigenvalue weighted by atomic mass is 19.4. The number of hydrogen-bond acceptors (Lipinski definition) is 4. The number of nitrogens with two attached hydrogens (primary N) is 1. The molecule has 5 nitrogen and oxygen atoms in total. The molecule has 1 saturated heterocycles. The summed E-state index contributed by atoms with van der Waals surface area (Å²) in [7, 11) is 0. The molecule has 1 heterocycles. The third kappa shape index (κ3) is 2.69. The first-order chi connectivity index (χ1) is 9.34. The third-order valence-corrected chi connectivity index (χ3v) is 3.46. The lowest BCUT2D eigenvalue weighted by atomic mass is 10.1. The first-order valence-electron chi connectivity index (χ1n) is 6.17. The van der Waals surface area contributed by atoms with Crippen LogP contribution in [0.2, 0.25) is 0 Å². The van der Waals surface area contributed by atoms with Gasteiger partial charge in [-0.2, -0.15) is 13.2 Å². The van der Waals surface area contributed by atoms with Crippen LogP contribution < -0.4 is 10.6 Å². The van der Waals surface area contributed by atoms with Crippen molar-refractivity contribution in [3.05, 3.63) is 33.9 Å². The molecule has 1 fully saturated rings. The van der Waals surface area contributed by atoms with Gasteiger partial charge >= 0.3 is 6.18 Å². The Morgan fingerprint density at radius 3 is 2.70 bits per heavy atom. The Labute approximate surface area is 113 Å². The maximum Gasteiger partial charge on any atom is 0.423 e. The third-order valence-electron chi connectivity index (χ3n) is 3.46. The van der Waals surface area contributed by atoms with Gasteiger partial charge in [-0.3, -0.25) is 10.1 Å². The van der Waals surface area contributed by atoms with Gasteiger partial charge in [0.05, 0.1) is 4.92 Å². The van der Waals surface area contributed by atoms with E-state index < -0.39 is 22.4 Å². The van der Waals surface area contributed by atoms with E-state index in [1.807, 2.05) is 0 Å². The molecule has 1 unspecified atom stereocenters. The van der Waals surface area contributed by atoms with Crippen LogP contribution in [0.1, 0.15) is 18.4 Å². The number of nitro groups is 1. The summed E-state index contributed by atoms with van der Waals surface area (Å²) in [5, 5.41) is 10.7. The molecule has 0 aromatic heterocycles. The van der Waals surface area contributed by atoms with Crippen molar-refractivity contribution in [1.82, 2.24) is 0 Å². The molecule has 1 aliphatic heterocycles. The highest BCUT2D eigenvalue weighted by Gasteiger charge is 2.39. The van der Waals surface area contributed by atoms with E-state index in [0.717, 1.165) is 25.0 Å². The first kappa shape index (κ1) is 14.6. The number of nitro benzene ring substituents is 1. The van der Waals surface area contributed by atoms with Gasteiger partial charge in [-0.1, -0.05) is 0 Å². The Kier molecular flexibility index (Phi) is 3.85. The SMILES string of the molecule is NCC1CCCN1c1ccc([N+](=O)[O-])c(C(F)(F)F)c1. The summed E-state index contributed by atoms with van der Waals surface area (Å²) >= 11 is 0. The Morgan fingerprint density at radius 1 is 1.45 bits per heavy atom. The van der Waals surface area contributed by atoms with Crippen molar-refractivity contribution in [2.24, 2.45) is 5.73 Å². The van der Waals surface area contributed by atoms with Gasteiger partial charge in [0.25, 0.3) is 5.69 Å². The molecule has 20 heavy (non-hydrogen) atoms. The minimum Gasteiger partial charge on any atom is -0.367 e. The number of anilines is 1. The second-order valence-corrected chi connectivity index (χ2v) is 4.68. The lowest BCUT2D eigenvalue weighted by Crippen LogP contribution is -2.35. The molecule has 8 heteroatoms. The summed E-state index contributed by atoms with van der Waals surface area (Å²) in [6.45, 7) is 0.954. The summed E-state index contributed by atoms with van der Waals surface area (Å²) in [5.74, 6) is 0. The van der Waals surface area contributed by atoms with Crippen molar-refractivity contribution in [3.8, 4) is 0 Å². The molecule has 1 atom stereocenters. The van der Waals surface area contributed by atoms with E-state index >= 15 is 0 Å². The van der Waals surface area contributed by atoms with Crippen molar-refractivity contribution < 1.29 is 18.1 Å². The lowest BCUT2D eigenvalue weighted by Gasteiger charge is -2.26. The highest BCUT2D eigenvalue weighted by molar-refractivity contribution is 5.57. The molecule has 0 radical (unpaired) electrons. The molecule has 2 N–H and O–H groups in total. The summed E-state index contributed by atoms with van der Waals surface area (Å²) in [6.07, 6.45) is -3.09. The van der Waals surface area contributed by atoms with Gasteiger partial charge in [-0.15, -0.1) is 0 Å². The Balaban J connectivity index is 2.44. The van der Waals surface area contributed by atoms with Crippen molar-refractivity contribution in [3.63, 3.8) is 0 Å². The van der Waals surface area contributed by atoms with E-state index in [-0.39, 0.29) is 6.04 Å². The molecular formula is C12H14F3N3O2. The number of alkyl halides is 3. The summed E-state index contributed by atoms with van der Waals surface area (Å²) < 4.78 is 38.7. The van der Waals surface area contributed by atoms with E-state index in [4.69, 9.17) is 5.73 Å². The number of benzene rings is 1. The van der Waals surface area contributed by atoms with Crippen LogP contribution in [0.15, 0.2) is 18.2 Å². The molecule has 0 amide bonds. The standard InChI is InChI=1S/C12H14F3N3O2/c13-12(14,15)10-6-8(3-4-11(10)18(19)20)17-5-1-2-9(17)7-16/h3-4,6,9H,1-2,5,7,16H2. The normalized spacial score (nSPS) is 19.4. The first-order valence-corrected chi connectivity index (χ1v) is 6.17.